The van der Waals surface area contributed by atoms with Gasteiger partial charge in [0.2, 0.25) is 0 Å². The minimum atomic E-state index is -0.908. The van der Waals surface area contributed by atoms with Crippen LogP contribution in [0, 0.1) is 0 Å². The zero-order valence-electron chi connectivity index (χ0n) is 14.5. The summed E-state index contributed by atoms with van der Waals surface area (Å²) >= 11 is 0. The van der Waals surface area contributed by atoms with E-state index in [1.165, 1.54) is 0 Å². The Kier molecular flexibility index (Phi) is 5.44. The van der Waals surface area contributed by atoms with Gasteiger partial charge in [0.05, 0.1) is 12.7 Å². The molecule has 0 saturated carbocycles. The van der Waals surface area contributed by atoms with E-state index in [2.05, 4.69) is 0 Å². The standard InChI is InChI=1S/C22H19NO3/c1-26-21-7-3-4-18(15-21)9-8-17-10-12-23(13-11-17)16-19-5-2-6-20(14-19)22(24)25/h2-15H,16H2,1H3/p+1/b9-8-. The van der Waals surface area contributed by atoms with Crippen LogP contribution >= 0.6 is 0 Å². The average molecular weight is 346 g/mol. The topological polar surface area (TPSA) is 50.4 Å². The third-order valence-corrected chi connectivity index (χ3v) is 4.02. The number of hydrogen-bond acceptors (Lipinski definition) is 2. The Hall–Kier alpha value is -3.40. The number of aromatic nitrogens is 1. The predicted octanol–water partition coefficient (Wildman–Crippen LogP) is 3.90. The maximum absolute atomic E-state index is 11.1. The number of carboxylic acid groups (broad SMARTS) is 1. The molecular formula is C22H20NO3+. The summed E-state index contributed by atoms with van der Waals surface area (Å²) in [7, 11) is 1.66. The number of benzene rings is 2. The van der Waals surface area contributed by atoms with Crippen molar-refractivity contribution in [1.82, 2.24) is 0 Å². The molecule has 2 aromatic carbocycles. The van der Waals surface area contributed by atoms with Gasteiger partial charge in [0.15, 0.2) is 18.9 Å². The Balaban J connectivity index is 1.69. The normalized spacial score (nSPS) is 10.8. The summed E-state index contributed by atoms with van der Waals surface area (Å²) in [5.41, 5.74) is 3.42. The summed E-state index contributed by atoms with van der Waals surface area (Å²) in [6.45, 7) is 0.626. The zero-order valence-corrected chi connectivity index (χ0v) is 14.5. The van der Waals surface area contributed by atoms with Gasteiger partial charge in [0, 0.05) is 17.7 Å². The molecule has 3 aromatic rings. The molecule has 0 spiro atoms. The van der Waals surface area contributed by atoms with Gasteiger partial charge in [0.1, 0.15) is 5.75 Å². The van der Waals surface area contributed by atoms with Crippen LogP contribution in [0.1, 0.15) is 27.0 Å². The fourth-order valence-corrected chi connectivity index (χ4v) is 2.64. The lowest BCUT2D eigenvalue weighted by Crippen LogP contribution is -2.33. The van der Waals surface area contributed by atoms with Crippen LogP contribution in [0.3, 0.4) is 0 Å². The molecule has 0 atom stereocenters. The van der Waals surface area contributed by atoms with Crippen molar-refractivity contribution in [2.75, 3.05) is 7.11 Å². The minimum absolute atomic E-state index is 0.306. The van der Waals surface area contributed by atoms with Crippen molar-refractivity contribution in [3.63, 3.8) is 0 Å². The van der Waals surface area contributed by atoms with Crippen molar-refractivity contribution >= 4 is 18.1 Å². The molecule has 0 aliphatic heterocycles. The summed E-state index contributed by atoms with van der Waals surface area (Å²) in [6, 6.07) is 18.9. The zero-order chi connectivity index (χ0) is 18.4. The van der Waals surface area contributed by atoms with Crippen molar-refractivity contribution in [2.45, 2.75) is 6.54 Å². The molecule has 1 N–H and O–H groups in total. The highest BCUT2D eigenvalue weighted by Crippen LogP contribution is 2.15. The molecule has 0 radical (unpaired) electrons. The molecule has 0 saturated heterocycles. The Bertz CT molecular complexity index is 930. The van der Waals surface area contributed by atoms with E-state index in [9.17, 15) is 4.79 Å². The summed E-state index contributed by atoms with van der Waals surface area (Å²) < 4.78 is 7.25. The van der Waals surface area contributed by atoms with E-state index in [1.807, 2.05) is 71.6 Å². The van der Waals surface area contributed by atoms with Gasteiger partial charge in [-0.2, -0.15) is 0 Å². The monoisotopic (exact) mass is 346 g/mol. The highest BCUT2D eigenvalue weighted by atomic mass is 16.5. The number of carbonyl (C=O) groups is 1. The van der Waals surface area contributed by atoms with Crippen LogP contribution < -0.4 is 9.30 Å². The van der Waals surface area contributed by atoms with Gasteiger partial charge in [-0.05, 0) is 35.4 Å². The Morgan fingerprint density at radius 2 is 1.73 bits per heavy atom. The van der Waals surface area contributed by atoms with Gasteiger partial charge in [-0.15, -0.1) is 0 Å². The van der Waals surface area contributed by atoms with Crippen LogP contribution in [0.5, 0.6) is 5.75 Å². The lowest BCUT2D eigenvalue weighted by molar-refractivity contribution is -0.688. The number of nitrogens with zero attached hydrogens (tertiary/aromatic N) is 1. The summed E-state index contributed by atoms with van der Waals surface area (Å²) in [5, 5.41) is 9.08. The number of pyridine rings is 1. The van der Waals surface area contributed by atoms with Crippen LogP contribution in [-0.4, -0.2) is 18.2 Å². The molecule has 0 bridgehead atoms. The number of methoxy groups -OCH3 is 1. The van der Waals surface area contributed by atoms with Crippen molar-refractivity contribution in [3.05, 3.63) is 95.3 Å². The number of hydrogen-bond donors (Lipinski definition) is 1. The predicted molar refractivity (Wildman–Crippen MR) is 101 cm³/mol. The molecule has 0 fully saturated rings. The molecule has 0 aliphatic rings. The second kappa shape index (κ2) is 8.12. The third-order valence-electron chi connectivity index (χ3n) is 4.02. The largest absolute Gasteiger partial charge is 0.497 e. The summed E-state index contributed by atoms with van der Waals surface area (Å²) in [5.74, 6) is -0.0727. The molecule has 0 aliphatic carbocycles. The SMILES string of the molecule is COc1cccc(/C=C\c2cc[n+](Cc3cccc(C(=O)O)c3)cc2)c1. The maximum Gasteiger partial charge on any atom is 0.335 e. The van der Waals surface area contributed by atoms with Crippen LogP contribution in [0.15, 0.2) is 73.1 Å². The van der Waals surface area contributed by atoms with Gasteiger partial charge in [-0.25, -0.2) is 9.36 Å². The quantitative estimate of drug-likeness (QED) is 0.689. The number of rotatable bonds is 6. The van der Waals surface area contributed by atoms with Gasteiger partial charge in [-0.1, -0.05) is 36.4 Å². The molecule has 4 nitrogen and oxygen atoms in total. The maximum atomic E-state index is 11.1. The molecule has 3 rings (SSSR count). The molecule has 0 unspecified atom stereocenters. The van der Waals surface area contributed by atoms with Gasteiger partial charge < -0.3 is 9.84 Å². The summed E-state index contributed by atoms with van der Waals surface area (Å²) in [6.07, 6.45) is 8.06. The van der Waals surface area contributed by atoms with E-state index < -0.39 is 5.97 Å². The van der Waals surface area contributed by atoms with Crippen molar-refractivity contribution in [2.24, 2.45) is 0 Å². The first kappa shape index (κ1) is 17.4. The molecule has 1 aromatic heterocycles. The fraction of sp³-hybridized carbons (Fsp3) is 0.0909. The fourth-order valence-electron chi connectivity index (χ4n) is 2.64. The highest BCUT2D eigenvalue weighted by Gasteiger charge is 2.07. The van der Waals surface area contributed by atoms with E-state index in [0.29, 0.717) is 12.1 Å². The third kappa shape index (κ3) is 4.57. The second-order valence-corrected chi connectivity index (χ2v) is 5.92. The Morgan fingerprint density at radius 1 is 1.00 bits per heavy atom. The molecule has 26 heavy (non-hydrogen) atoms. The van der Waals surface area contributed by atoms with E-state index in [0.717, 1.165) is 22.4 Å². The first-order valence-corrected chi connectivity index (χ1v) is 8.27. The lowest BCUT2D eigenvalue weighted by atomic mass is 10.1. The second-order valence-electron chi connectivity index (χ2n) is 5.92. The van der Waals surface area contributed by atoms with Gasteiger partial charge in [0.25, 0.3) is 0 Å². The van der Waals surface area contributed by atoms with Crippen LogP contribution in [-0.2, 0) is 6.54 Å². The van der Waals surface area contributed by atoms with Crippen LogP contribution in [0.4, 0.5) is 0 Å². The van der Waals surface area contributed by atoms with Crippen LogP contribution in [0.25, 0.3) is 12.2 Å². The molecule has 0 amide bonds. The number of aromatic carboxylic acids is 1. The highest BCUT2D eigenvalue weighted by molar-refractivity contribution is 5.87. The average Bonchev–Trinajstić information content (AvgIpc) is 2.68. The van der Waals surface area contributed by atoms with Crippen LogP contribution in [0.2, 0.25) is 0 Å². The molecule has 1 heterocycles. The minimum Gasteiger partial charge on any atom is -0.497 e. The van der Waals surface area contributed by atoms with Crippen molar-refractivity contribution < 1.29 is 19.2 Å². The van der Waals surface area contributed by atoms with Gasteiger partial charge >= 0.3 is 5.97 Å². The van der Waals surface area contributed by atoms with Gasteiger partial charge in [-0.3, -0.25) is 0 Å². The van der Waals surface area contributed by atoms with E-state index in [1.54, 1.807) is 25.3 Å². The number of ether oxygens (including phenoxy) is 1. The molecule has 4 heteroatoms. The molecular weight excluding hydrogens is 326 g/mol. The summed E-state index contributed by atoms with van der Waals surface area (Å²) in [4.78, 5) is 11.1. The smallest absolute Gasteiger partial charge is 0.335 e. The lowest BCUT2D eigenvalue weighted by Gasteiger charge is -2.01. The van der Waals surface area contributed by atoms with Crippen molar-refractivity contribution in [3.8, 4) is 5.75 Å². The Morgan fingerprint density at radius 3 is 2.46 bits per heavy atom. The van der Waals surface area contributed by atoms with Crippen molar-refractivity contribution in [1.29, 1.82) is 0 Å². The number of carboxylic acids is 1. The first-order chi connectivity index (χ1) is 12.6. The van der Waals surface area contributed by atoms with E-state index >= 15 is 0 Å². The molecule has 130 valence electrons. The Labute approximate surface area is 152 Å². The van der Waals surface area contributed by atoms with E-state index in [-0.39, 0.29) is 0 Å². The van der Waals surface area contributed by atoms with E-state index in [4.69, 9.17) is 9.84 Å². The first-order valence-electron chi connectivity index (χ1n) is 8.27.